The van der Waals surface area contributed by atoms with E-state index in [4.69, 9.17) is 22.6 Å². The summed E-state index contributed by atoms with van der Waals surface area (Å²) in [5, 5.41) is 15.2. The zero-order chi connectivity index (χ0) is 22.0. The molecule has 3 amide bonds. The first kappa shape index (κ1) is 24.7. The Hall–Kier alpha value is -2.36. The maximum absolute atomic E-state index is 12.8. The van der Waals surface area contributed by atoms with E-state index in [0.717, 1.165) is 25.7 Å². The maximum Gasteiger partial charge on any atom is 0.243 e. The third-order valence-corrected chi connectivity index (χ3v) is 5.15. The number of carbonyl (C=O) groups is 3. The standard InChI is InChI=1S/C19H37N7O3/c1-19(2,23)17(29)26-13(9-6-10-24-18(21)22)16(28)25-14(15(20)27)11-12-7-4-3-5-8-12/h12-14H,3-11,23H2,1-2H3,(H2,20,27)(H,25,28)(H,26,29)(H4,21,22,24)/t13-,14-/m0/s1. The lowest BCUT2D eigenvalue weighted by Gasteiger charge is -2.28. The van der Waals surface area contributed by atoms with Gasteiger partial charge < -0.3 is 33.2 Å². The van der Waals surface area contributed by atoms with Crippen molar-refractivity contribution < 1.29 is 14.4 Å². The van der Waals surface area contributed by atoms with E-state index in [2.05, 4.69) is 16.0 Å². The van der Waals surface area contributed by atoms with Gasteiger partial charge in [-0.15, -0.1) is 0 Å². The van der Waals surface area contributed by atoms with Gasteiger partial charge in [0.2, 0.25) is 17.7 Å². The number of primary amides is 1. The molecule has 0 radical (unpaired) electrons. The Kier molecular flexibility index (Phi) is 9.87. The van der Waals surface area contributed by atoms with E-state index in [9.17, 15) is 14.4 Å². The molecular weight excluding hydrogens is 374 g/mol. The highest BCUT2D eigenvalue weighted by atomic mass is 16.2. The van der Waals surface area contributed by atoms with Gasteiger partial charge in [-0.25, -0.2) is 0 Å². The fourth-order valence-electron chi connectivity index (χ4n) is 3.42. The van der Waals surface area contributed by atoms with Crippen molar-refractivity contribution in [2.24, 2.45) is 23.1 Å². The summed E-state index contributed by atoms with van der Waals surface area (Å²) in [7, 11) is 0. The molecule has 0 aromatic rings. The molecule has 1 aliphatic rings. The van der Waals surface area contributed by atoms with Gasteiger partial charge in [0.25, 0.3) is 0 Å². The smallest absolute Gasteiger partial charge is 0.243 e. The van der Waals surface area contributed by atoms with Crippen molar-refractivity contribution >= 4 is 23.7 Å². The van der Waals surface area contributed by atoms with Crippen molar-refractivity contribution in [3.8, 4) is 0 Å². The topological polar surface area (TPSA) is 189 Å². The SMILES string of the molecule is CC(C)(N)C(=O)N[C@@H](CCCNC(=N)N)C(=O)N[C@@H](CC1CCCCC1)C(N)=O. The molecule has 0 unspecified atom stereocenters. The molecule has 1 fully saturated rings. The monoisotopic (exact) mass is 411 g/mol. The van der Waals surface area contributed by atoms with Crippen LogP contribution < -0.4 is 33.2 Å². The van der Waals surface area contributed by atoms with Crippen molar-refractivity contribution in [1.82, 2.24) is 16.0 Å². The molecule has 0 aromatic heterocycles. The summed E-state index contributed by atoms with van der Waals surface area (Å²) in [6, 6.07) is -1.64. The summed E-state index contributed by atoms with van der Waals surface area (Å²) >= 11 is 0. The van der Waals surface area contributed by atoms with Crippen molar-refractivity contribution in [3.63, 3.8) is 0 Å². The fourth-order valence-corrected chi connectivity index (χ4v) is 3.42. The largest absolute Gasteiger partial charge is 0.370 e. The third-order valence-electron chi connectivity index (χ3n) is 5.15. The second kappa shape index (κ2) is 11.6. The van der Waals surface area contributed by atoms with Crippen LogP contribution >= 0.6 is 0 Å². The molecule has 0 heterocycles. The van der Waals surface area contributed by atoms with Crippen LogP contribution in [0, 0.1) is 11.3 Å². The second-order valence-electron chi connectivity index (χ2n) is 8.43. The van der Waals surface area contributed by atoms with Gasteiger partial charge in [-0.05, 0) is 39.0 Å². The van der Waals surface area contributed by atoms with Gasteiger partial charge >= 0.3 is 0 Å². The molecule has 10 nitrogen and oxygen atoms in total. The molecule has 29 heavy (non-hydrogen) atoms. The van der Waals surface area contributed by atoms with E-state index >= 15 is 0 Å². The van der Waals surface area contributed by atoms with Crippen molar-refractivity contribution in [2.75, 3.05) is 6.54 Å². The lowest BCUT2D eigenvalue weighted by molar-refractivity contribution is -0.133. The molecule has 0 bridgehead atoms. The number of guanidine groups is 1. The van der Waals surface area contributed by atoms with Crippen molar-refractivity contribution in [1.29, 1.82) is 5.41 Å². The molecule has 1 aliphatic carbocycles. The minimum atomic E-state index is -1.15. The van der Waals surface area contributed by atoms with Gasteiger partial charge in [-0.1, -0.05) is 32.1 Å². The lowest BCUT2D eigenvalue weighted by Crippen LogP contribution is -2.58. The minimum absolute atomic E-state index is 0.167. The third kappa shape index (κ3) is 9.60. The lowest BCUT2D eigenvalue weighted by atomic mass is 9.84. The second-order valence-corrected chi connectivity index (χ2v) is 8.43. The molecule has 0 spiro atoms. The Labute approximate surface area is 172 Å². The van der Waals surface area contributed by atoms with Gasteiger partial charge in [0.15, 0.2) is 5.96 Å². The Morgan fingerprint density at radius 1 is 1.07 bits per heavy atom. The molecule has 1 saturated carbocycles. The van der Waals surface area contributed by atoms with E-state index in [-0.39, 0.29) is 5.96 Å². The van der Waals surface area contributed by atoms with E-state index in [0.29, 0.717) is 31.7 Å². The van der Waals surface area contributed by atoms with Crippen LogP contribution in [0.1, 0.15) is 65.2 Å². The zero-order valence-electron chi connectivity index (χ0n) is 17.6. The van der Waals surface area contributed by atoms with E-state index in [1.54, 1.807) is 13.8 Å². The minimum Gasteiger partial charge on any atom is -0.370 e. The average molecular weight is 412 g/mol. The molecule has 1 rings (SSSR count). The number of hydrogen-bond donors (Lipinski definition) is 7. The number of amides is 3. The Balaban J connectivity index is 2.75. The summed E-state index contributed by atoms with van der Waals surface area (Å²) in [6.07, 6.45) is 6.78. The van der Waals surface area contributed by atoms with Crippen LogP contribution in [0.5, 0.6) is 0 Å². The molecule has 0 aliphatic heterocycles. The molecule has 0 saturated heterocycles. The number of carbonyl (C=O) groups excluding carboxylic acids is 3. The first-order valence-corrected chi connectivity index (χ1v) is 10.3. The van der Waals surface area contributed by atoms with Gasteiger partial charge in [-0.2, -0.15) is 0 Å². The predicted octanol–water partition coefficient (Wildman–Crippen LogP) is -0.588. The van der Waals surface area contributed by atoms with Crippen LogP contribution in [0.15, 0.2) is 0 Å². The van der Waals surface area contributed by atoms with E-state index < -0.39 is 35.3 Å². The number of nitrogens with one attached hydrogen (secondary N) is 4. The summed E-state index contributed by atoms with van der Waals surface area (Å²) in [5.41, 5.74) is 15.4. The van der Waals surface area contributed by atoms with Crippen LogP contribution in [-0.4, -0.2) is 47.8 Å². The highest BCUT2D eigenvalue weighted by Gasteiger charge is 2.30. The zero-order valence-corrected chi connectivity index (χ0v) is 17.6. The van der Waals surface area contributed by atoms with Gasteiger partial charge in [-0.3, -0.25) is 19.8 Å². The van der Waals surface area contributed by atoms with Crippen LogP contribution in [0.2, 0.25) is 0 Å². The van der Waals surface area contributed by atoms with E-state index in [1.807, 2.05) is 0 Å². The van der Waals surface area contributed by atoms with Crippen molar-refractivity contribution in [2.45, 2.75) is 82.8 Å². The van der Waals surface area contributed by atoms with Crippen molar-refractivity contribution in [3.05, 3.63) is 0 Å². The van der Waals surface area contributed by atoms with E-state index in [1.165, 1.54) is 6.42 Å². The summed E-state index contributed by atoms with van der Waals surface area (Å²) < 4.78 is 0. The van der Waals surface area contributed by atoms with Gasteiger partial charge in [0.1, 0.15) is 12.1 Å². The van der Waals surface area contributed by atoms with Crippen LogP contribution in [-0.2, 0) is 14.4 Å². The molecule has 2 atom stereocenters. The molecular formula is C19H37N7O3. The van der Waals surface area contributed by atoms with Crippen LogP contribution in [0.3, 0.4) is 0 Å². The van der Waals surface area contributed by atoms with Gasteiger partial charge in [0, 0.05) is 6.54 Å². The first-order chi connectivity index (χ1) is 13.5. The normalized spacial score (nSPS) is 17.1. The summed E-state index contributed by atoms with van der Waals surface area (Å²) in [6.45, 7) is 3.47. The van der Waals surface area contributed by atoms with Gasteiger partial charge in [0.05, 0.1) is 5.54 Å². The fraction of sp³-hybridized carbons (Fsp3) is 0.789. The predicted molar refractivity (Wildman–Crippen MR) is 112 cm³/mol. The molecule has 10 N–H and O–H groups in total. The molecule has 0 aromatic carbocycles. The number of nitrogens with two attached hydrogens (primary N) is 3. The number of hydrogen-bond acceptors (Lipinski definition) is 5. The molecule has 166 valence electrons. The maximum atomic E-state index is 12.8. The summed E-state index contributed by atoms with van der Waals surface area (Å²) in [4.78, 5) is 37.0. The average Bonchev–Trinajstić information content (AvgIpc) is 2.63. The highest BCUT2D eigenvalue weighted by molar-refractivity contribution is 5.93. The first-order valence-electron chi connectivity index (χ1n) is 10.3. The Morgan fingerprint density at radius 2 is 1.69 bits per heavy atom. The highest BCUT2D eigenvalue weighted by Crippen LogP contribution is 2.27. The van der Waals surface area contributed by atoms with Crippen LogP contribution in [0.25, 0.3) is 0 Å². The molecule has 10 heteroatoms. The Bertz CT molecular complexity index is 583. The summed E-state index contributed by atoms with van der Waals surface area (Å²) in [5.74, 6) is -1.33. The number of rotatable bonds is 11. The quantitative estimate of drug-likeness (QED) is 0.135. The Morgan fingerprint density at radius 3 is 2.21 bits per heavy atom. The van der Waals surface area contributed by atoms with Crippen LogP contribution in [0.4, 0.5) is 0 Å².